The number of aryl methyl sites for hydroxylation is 1. The molecule has 1 aliphatic heterocycles. The number of hydrogen-bond acceptors (Lipinski definition) is 4. The molecule has 31 heavy (non-hydrogen) atoms. The van der Waals surface area contributed by atoms with Crippen LogP contribution in [0.2, 0.25) is 0 Å². The van der Waals surface area contributed by atoms with Crippen LogP contribution in [0.3, 0.4) is 0 Å². The van der Waals surface area contributed by atoms with Crippen molar-refractivity contribution in [3.8, 4) is 11.3 Å². The van der Waals surface area contributed by atoms with E-state index in [1.807, 2.05) is 31.2 Å². The van der Waals surface area contributed by atoms with E-state index in [1.165, 1.54) is 27.7 Å². The Morgan fingerprint density at radius 3 is 2.71 bits per heavy atom. The van der Waals surface area contributed by atoms with Crippen LogP contribution >= 0.6 is 11.3 Å². The molecular weight excluding hydrogens is 419 g/mol. The molecule has 1 saturated heterocycles. The third-order valence-electron chi connectivity index (χ3n) is 5.03. The van der Waals surface area contributed by atoms with E-state index in [0.29, 0.717) is 30.9 Å². The number of halogens is 1. The van der Waals surface area contributed by atoms with Gasteiger partial charge >= 0.3 is 10.9 Å². The van der Waals surface area contributed by atoms with Gasteiger partial charge in [-0.05, 0) is 37.1 Å². The lowest BCUT2D eigenvalue weighted by Crippen LogP contribution is -2.46. The number of benzene rings is 2. The second-order valence-corrected chi connectivity index (χ2v) is 8.11. The van der Waals surface area contributed by atoms with Gasteiger partial charge in [-0.25, -0.2) is 9.18 Å². The SMILES string of the molecule is Cc1ccc(-c2csc(=O)n2CC(=O)Nc2ccc(F)c(N3CCCNC3=O)c2)cc1. The van der Waals surface area contributed by atoms with Gasteiger partial charge in [0.25, 0.3) is 0 Å². The fourth-order valence-corrected chi connectivity index (χ4v) is 4.20. The minimum absolute atomic E-state index is 0.100. The summed E-state index contributed by atoms with van der Waals surface area (Å²) >= 11 is 1.03. The van der Waals surface area contributed by atoms with E-state index in [0.717, 1.165) is 22.5 Å². The molecule has 9 heteroatoms. The minimum atomic E-state index is -0.550. The standard InChI is InChI=1S/C22H21FN4O3S/c1-14-3-5-15(6-4-14)19-13-31-22(30)27(19)12-20(28)25-16-7-8-17(23)18(11-16)26-10-2-9-24-21(26)29/h3-8,11,13H,2,9-10,12H2,1H3,(H,24,29)(H,25,28). The molecule has 3 aromatic rings. The molecule has 3 amide bonds. The predicted molar refractivity (Wildman–Crippen MR) is 119 cm³/mol. The second-order valence-electron chi connectivity index (χ2n) is 7.29. The number of aromatic nitrogens is 1. The highest BCUT2D eigenvalue weighted by Gasteiger charge is 2.22. The molecule has 0 spiro atoms. The number of thiazole rings is 1. The summed E-state index contributed by atoms with van der Waals surface area (Å²) in [6.07, 6.45) is 0.699. The van der Waals surface area contributed by atoms with E-state index in [9.17, 15) is 18.8 Å². The summed E-state index contributed by atoms with van der Waals surface area (Å²) in [4.78, 5) is 38.1. The maximum absolute atomic E-state index is 14.3. The lowest BCUT2D eigenvalue weighted by atomic mass is 10.1. The van der Waals surface area contributed by atoms with Crippen LogP contribution in [0.5, 0.6) is 0 Å². The van der Waals surface area contributed by atoms with Gasteiger partial charge < -0.3 is 10.6 Å². The van der Waals surface area contributed by atoms with Crippen LogP contribution in [0.25, 0.3) is 11.3 Å². The van der Waals surface area contributed by atoms with Gasteiger partial charge in [-0.2, -0.15) is 0 Å². The largest absolute Gasteiger partial charge is 0.338 e. The fourth-order valence-electron chi connectivity index (χ4n) is 3.43. The molecule has 2 N–H and O–H groups in total. The molecule has 1 aromatic heterocycles. The molecule has 0 aliphatic carbocycles. The van der Waals surface area contributed by atoms with Crippen molar-refractivity contribution in [2.45, 2.75) is 19.9 Å². The molecule has 2 heterocycles. The number of carbonyl (C=O) groups is 2. The van der Waals surface area contributed by atoms with Gasteiger partial charge in [-0.15, -0.1) is 0 Å². The Labute approximate surface area is 182 Å². The smallest absolute Gasteiger partial charge is 0.321 e. The minimum Gasteiger partial charge on any atom is -0.338 e. The normalized spacial score (nSPS) is 13.7. The van der Waals surface area contributed by atoms with Gasteiger partial charge in [0.05, 0.1) is 11.4 Å². The Kier molecular flexibility index (Phi) is 5.85. The summed E-state index contributed by atoms with van der Waals surface area (Å²) in [7, 11) is 0. The van der Waals surface area contributed by atoms with E-state index >= 15 is 0 Å². The first-order valence-electron chi connectivity index (χ1n) is 9.82. The third-order valence-corrected chi connectivity index (χ3v) is 5.80. The molecule has 0 unspecified atom stereocenters. The highest BCUT2D eigenvalue weighted by molar-refractivity contribution is 7.07. The monoisotopic (exact) mass is 440 g/mol. The molecule has 160 valence electrons. The number of amides is 3. The lowest BCUT2D eigenvalue weighted by molar-refractivity contribution is -0.116. The molecule has 0 bridgehead atoms. The number of nitrogens with one attached hydrogen (secondary N) is 2. The fraction of sp³-hybridized carbons (Fsp3) is 0.227. The van der Waals surface area contributed by atoms with Gasteiger partial charge in [-0.3, -0.25) is 19.1 Å². The Balaban J connectivity index is 1.53. The van der Waals surface area contributed by atoms with Gasteiger partial charge in [0.15, 0.2) is 0 Å². The molecular formula is C22H21FN4O3S. The van der Waals surface area contributed by atoms with E-state index in [2.05, 4.69) is 10.6 Å². The van der Waals surface area contributed by atoms with Gasteiger partial charge in [0.1, 0.15) is 12.4 Å². The second kappa shape index (κ2) is 8.73. The molecule has 0 atom stereocenters. The van der Waals surface area contributed by atoms with Crippen molar-refractivity contribution < 1.29 is 14.0 Å². The molecule has 0 radical (unpaired) electrons. The average Bonchev–Trinajstić information content (AvgIpc) is 3.11. The maximum Gasteiger partial charge on any atom is 0.321 e. The van der Waals surface area contributed by atoms with Crippen LogP contribution in [0.15, 0.2) is 52.6 Å². The highest BCUT2D eigenvalue weighted by atomic mass is 32.1. The zero-order valence-corrected chi connectivity index (χ0v) is 17.7. The highest BCUT2D eigenvalue weighted by Crippen LogP contribution is 2.25. The van der Waals surface area contributed by atoms with E-state index in [-0.39, 0.29) is 23.1 Å². The molecule has 1 aliphatic rings. The number of hydrogen-bond donors (Lipinski definition) is 2. The quantitative estimate of drug-likeness (QED) is 0.636. The van der Waals surface area contributed by atoms with Crippen LogP contribution in [-0.2, 0) is 11.3 Å². The third kappa shape index (κ3) is 4.51. The first-order chi connectivity index (χ1) is 14.9. The summed E-state index contributed by atoms with van der Waals surface area (Å²) in [6, 6.07) is 11.4. The van der Waals surface area contributed by atoms with Gasteiger partial charge in [0, 0.05) is 24.2 Å². The maximum atomic E-state index is 14.3. The van der Waals surface area contributed by atoms with E-state index in [1.54, 1.807) is 5.38 Å². The topological polar surface area (TPSA) is 83.4 Å². The summed E-state index contributed by atoms with van der Waals surface area (Å²) in [6.45, 7) is 2.74. The van der Waals surface area contributed by atoms with Crippen LogP contribution in [-0.4, -0.2) is 29.6 Å². The van der Waals surface area contributed by atoms with Crippen molar-refractivity contribution in [3.05, 3.63) is 68.9 Å². The van der Waals surface area contributed by atoms with Crippen molar-refractivity contribution >= 4 is 34.6 Å². The Bertz CT molecular complexity index is 1190. The van der Waals surface area contributed by atoms with Gasteiger partial charge in [0.2, 0.25) is 5.91 Å². The van der Waals surface area contributed by atoms with Crippen molar-refractivity contribution in [2.24, 2.45) is 0 Å². The predicted octanol–water partition coefficient (Wildman–Crippen LogP) is 3.58. The first kappa shape index (κ1) is 20.8. The van der Waals surface area contributed by atoms with Crippen LogP contribution in [0, 0.1) is 12.7 Å². The summed E-state index contributed by atoms with van der Waals surface area (Å²) in [5, 5.41) is 7.10. The Morgan fingerprint density at radius 2 is 1.97 bits per heavy atom. The summed E-state index contributed by atoms with van der Waals surface area (Å²) in [5.74, 6) is -0.972. The van der Waals surface area contributed by atoms with Crippen molar-refractivity contribution in [1.29, 1.82) is 0 Å². The summed E-state index contributed by atoms with van der Waals surface area (Å²) < 4.78 is 15.7. The Morgan fingerprint density at radius 1 is 1.19 bits per heavy atom. The van der Waals surface area contributed by atoms with Gasteiger partial charge in [-0.1, -0.05) is 41.2 Å². The van der Waals surface area contributed by atoms with Crippen LogP contribution in [0.1, 0.15) is 12.0 Å². The zero-order chi connectivity index (χ0) is 22.0. The van der Waals surface area contributed by atoms with Crippen LogP contribution in [0.4, 0.5) is 20.6 Å². The zero-order valence-electron chi connectivity index (χ0n) is 16.9. The molecule has 1 fully saturated rings. The number of anilines is 2. The van der Waals surface area contributed by atoms with Crippen molar-refractivity contribution in [1.82, 2.24) is 9.88 Å². The van der Waals surface area contributed by atoms with Crippen molar-refractivity contribution in [3.63, 3.8) is 0 Å². The number of urea groups is 1. The lowest BCUT2D eigenvalue weighted by Gasteiger charge is -2.28. The first-order valence-corrected chi connectivity index (χ1v) is 10.7. The van der Waals surface area contributed by atoms with E-state index < -0.39 is 11.7 Å². The summed E-state index contributed by atoms with van der Waals surface area (Å²) in [5.41, 5.74) is 3.05. The molecule has 7 nitrogen and oxygen atoms in total. The number of rotatable bonds is 5. The molecule has 2 aromatic carbocycles. The number of carbonyl (C=O) groups excluding carboxylic acids is 2. The Hall–Kier alpha value is -3.46. The van der Waals surface area contributed by atoms with E-state index in [4.69, 9.17) is 0 Å². The van der Waals surface area contributed by atoms with Crippen molar-refractivity contribution in [2.75, 3.05) is 23.3 Å². The van der Waals surface area contributed by atoms with Crippen LogP contribution < -0.4 is 20.4 Å². The molecule has 4 rings (SSSR count). The molecule has 0 saturated carbocycles. The number of nitrogens with zero attached hydrogens (tertiary/aromatic N) is 2. The average molecular weight is 441 g/mol.